The summed E-state index contributed by atoms with van der Waals surface area (Å²) in [6.07, 6.45) is 4.54. The van der Waals surface area contributed by atoms with Crippen LogP contribution >= 0.6 is 0 Å². The summed E-state index contributed by atoms with van der Waals surface area (Å²) in [6, 6.07) is 7.93. The van der Waals surface area contributed by atoms with Crippen LogP contribution in [0.3, 0.4) is 0 Å². The molecule has 1 atom stereocenters. The first-order chi connectivity index (χ1) is 11.0. The van der Waals surface area contributed by atoms with Gasteiger partial charge in [0.05, 0.1) is 6.54 Å². The Labute approximate surface area is 136 Å². The van der Waals surface area contributed by atoms with E-state index >= 15 is 0 Å². The quantitative estimate of drug-likeness (QED) is 0.567. The fraction of sp³-hybridized carbons (Fsp3) is 0.471. The molecule has 6 heteroatoms. The molecule has 0 radical (unpaired) electrons. The van der Waals surface area contributed by atoms with E-state index in [1.165, 1.54) is 0 Å². The highest BCUT2D eigenvalue weighted by molar-refractivity contribution is 5.97. The Morgan fingerprint density at radius 2 is 1.78 bits per heavy atom. The Kier molecular flexibility index (Phi) is 8.42. The monoisotopic (exact) mass is 319 g/mol. The average molecular weight is 319 g/mol. The molecule has 0 aliphatic heterocycles. The van der Waals surface area contributed by atoms with Crippen LogP contribution in [0.25, 0.3) is 0 Å². The van der Waals surface area contributed by atoms with Crippen molar-refractivity contribution in [2.75, 3.05) is 6.54 Å². The molecule has 0 bridgehead atoms. The number of unbranched alkanes of at least 4 members (excludes halogenated alkanes) is 3. The predicted octanol–water partition coefficient (Wildman–Crippen LogP) is 1.36. The topological polar surface area (TPSA) is 101 Å². The van der Waals surface area contributed by atoms with Crippen molar-refractivity contribution in [2.45, 2.75) is 45.1 Å². The predicted molar refractivity (Wildman–Crippen MR) is 88.7 cm³/mol. The molecule has 4 N–H and O–H groups in total. The van der Waals surface area contributed by atoms with Gasteiger partial charge in [-0.2, -0.15) is 0 Å². The van der Waals surface area contributed by atoms with Gasteiger partial charge in [0.25, 0.3) is 5.91 Å². The van der Waals surface area contributed by atoms with Crippen LogP contribution in [0.2, 0.25) is 0 Å². The Balaban J connectivity index is 2.37. The second kappa shape index (κ2) is 10.4. The minimum Gasteiger partial charge on any atom is -0.368 e. The lowest BCUT2D eigenvalue weighted by atomic mass is 10.1. The van der Waals surface area contributed by atoms with E-state index in [1.807, 2.05) is 0 Å². The fourth-order valence-electron chi connectivity index (χ4n) is 2.16. The van der Waals surface area contributed by atoms with Gasteiger partial charge in [-0.05, 0) is 18.6 Å². The van der Waals surface area contributed by atoms with Crippen LogP contribution in [0.15, 0.2) is 30.3 Å². The summed E-state index contributed by atoms with van der Waals surface area (Å²) in [5.74, 6) is -1.31. The number of amides is 3. The van der Waals surface area contributed by atoms with E-state index in [-0.39, 0.29) is 12.5 Å². The maximum Gasteiger partial charge on any atom is 0.251 e. The van der Waals surface area contributed by atoms with Crippen LogP contribution in [0.5, 0.6) is 0 Å². The molecule has 0 saturated carbocycles. The molecular weight excluding hydrogens is 294 g/mol. The molecule has 0 saturated heterocycles. The van der Waals surface area contributed by atoms with Crippen molar-refractivity contribution >= 4 is 17.7 Å². The summed E-state index contributed by atoms with van der Waals surface area (Å²) < 4.78 is 0. The van der Waals surface area contributed by atoms with E-state index in [1.54, 1.807) is 30.3 Å². The van der Waals surface area contributed by atoms with Crippen LogP contribution in [0.1, 0.15) is 49.4 Å². The highest BCUT2D eigenvalue weighted by atomic mass is 16.2. The normalized spacial score (nSPS) is 11.5. The molecule has 0 aromatic heterocycles. The summed E-state index contributed by atoms with van der Waals surface area (Å²) in [6.45, 7) is 1.91. The number of primary amides is 1. The lowest BCUT2D eigenvalue weighted by Crippen LogP contribution is -2.47. The van der Waals surface area contributed by atoms with Crippen molar-refractivity contribution in [3.05, 3.63) is 35.9 Å². The third kappa shape index (κ3) is 7.44. The van der Waals surface area contributed by atoms with E-state index in [4.69, 9.17) is 5.73 Å². The van der Waals surface area contributed by atoms with Crippen molar-refractivity contribution < 1.29 is 14.4 Å². The van der Waals surface area contributed by atoms with Gasteiger partial charge in [0.1, 0.15) is 6.04 Å². The van der Waals surface area contributed by atoms with Crippen molar-refractivity contribution in [1.82, 2.24) is 10.6 Å². The number of rotatable bonds is 10. The lowest BCUT2D eigenvalue weighted by Gasteiger charge is -2.15. The van der Waals surface area contributed by atoms with Gasteiger partial charge in [0.2, 0.25) is 11.8 Å². The summed E-state index contributed by atoms with van der Waals surface area (Å²) >= 11 is 0. The first kappa shape index (κ1) is 18.7. The SMILES string of the molecule is CCCCCC[C@@H](NC(=O)CNC(=O)c1ccccc1)C(N)=O. The molecule has 1 rings (SSSR count). The van der Waals surface area contributed by atoms with Gasteiger partial charge in [-0.15, -0.1) is 0 Å². The van der Waals surface area contributed by atoms with Crippen molar-refractivity contribution in [3.63, 3.8) is 0 Å². The van der Waals surface area contributed by atoms with Gasteiger partial charge in [-0.1, -0.05) is 50.8 Å². The van der Waals surface area contributed by atoms with E-state index in [2.05, 4.69) is 17.6 Å². The van der Waals surface area contributed by atoms with Crippen molar-refractivity contribution in [3.8, 4) is 0 Å². The van der Waals surface area contributed by atoms with Gasteiger partial charge in [-0.25, -0.2) is 0 Å². The molecule has 126 valence electrons. The lowest BCUT2D eigenvalue weighted by molar-refractivity contribution is -0.126. The Bertz CT molecular complexity index is 517. The molecular formula is C17H25N3O3. The summed E-state index contributed by atoms with van der Waals surface area (Å²) in [4.78, 5) is 35.1. The van der Waals surface area contributed by atoms with Gasteiger partial charge < -0.3 is 16.4 Å². The van der Waals surface area contributed by atoms with E-state index in [0.29, 0.717) is 12.0 Å². The van der Waals surface area contributed by atoms with Crippen molar-refractivity contribution in [2.24, 2.45) is 5.73 Å². The molecule has 0 spiro atoms. The second-order valence-electron chi connectivity index (χ2n) is 5.42. The summed E-state index contributed by atoms with van der Waals surface area (Å²) in [5.41, 5.74) is 5.78. The summed E-state index contributed by atoms with van der Waals surface area (Å²) in [5, 5.41) is 5.09. The van der Waals surface area contributed by atoms with Gasteiger partial charge >= 0.3 is 0 Å². The Hall–Kier alpha value is -2.37. The minimum atomic E-state index is -0.687. The molecule has 1 aromatic carbocycles. The number of carbonyl (C=O) groups excluding carboxylic acids is 3. The average Bonchev–Trinajstić information content (AvgIpc) is 2.56. The number of nitrogens with one attached hydrogen (secondary N) is 2. The molecule has 3 amide bonds. The van der Waals surface area contributed by atoms with E-state index < -0.39 is 17.9 Å². The maximum absolute atomic E-state index is 11.8. The molecule has 23 heavy (non-hydrogen) atoms. The van der Waals surface area contributed by atoms with Crippen LogP contribution < -0.4 is 16.4 Å². The number of nitrogens with two attached hydrogens (primary N) is 1. The fourth-order valence-corrected chi connectivity index (χ4v) is 2.16. The Morgan fingerprint density at radius 3 is 2.39 bits per heavy atom. The van der Waals surface area contributed by atoms with Crippen LogP contribution in [0, 0.1) is 0 Å². The minimum absolute atomic E-state index is 0.188. The van der Waals surface area contributed by atoms with Crippen LogP contribution in [-0.2, 0) is 9.59 Å². The number of benzene rings is 1. The molecule has 0 unspecified atom stereocenters. The zero-order valence-electron chi connectivity index (χ0n) is 13.5. The third-order valence-corrected chi connectivity index (χ3v) is 3.47. The first-order valence-electron chi connectivity index (χ1n) is 7.96. The number of carbonyl (C=O) groups is 3. The van der Waals surface area contributed by atoms with Crippen LogP contribution in [0.4, 0.5) is 0 Å². The molecule has 0 fully saturated rings. The van der Waals surface area contributed by atoms with Gasteiger partial charge in [0, 0.05) is 5.56 Å². The highest BCUT2D eigenvalue weighted by Crippen LogP contribution is 2.05. The van der Waals surface area contributed by atoms with Crippen molar-refractivity contribution in [1.29, 1.82) is 0 Å². The summed E-state index contributed by atoms with van der Waals surface area (Å²) in [7, 11) is 0. The number of hydrogen-bond donors (Lipinski definition) is 3. The second-order valence-corrected chi connectivity index (χ2v) is 5.42. The molecule has 0 aliphatic carbocycles. The van der Waals surface area contributed by atoms with Crippen LogP contribution in [-0.4, -0.2) is 30.3 Å². The maximum atomic E-state index is 11.8. The molecule has 0 aliphatic rings. The Morgan fingerprint density at radius 1 is 1.09 bits per heavy atom. The standard InChI is InChI=1S/C17H25N3O3/c1-2-3-4-8-11-14(16(18)22)20-15(21)12-19-17(23)13-9-6-5-7-10-13/h5-7,9-10,14H,2-4,8,11-12H2,1H3,(H2,18,22)(H,19,23)(H,20,21)/t14-/m1/s1. The zero-order valence-corrected chi connectivity index (χ0v) is 13.5. The van der Waals surface area contributed by atoms with E-state index in [0.717, 1.165) is 25.7 Å². The molecule has 1 aromatic rings. The van der Waals surface area contributed by atoms with Gasteiger partial charge in [-0.3, -0.25) is 14.4 Å². The zero-order chi connectivity index (χ0) is 17.1. The first-order valence-corrected chi connectivity index (χ1v) is 7.96. The van der Waals surface area contributed by atoms with E-state index in [9.17, 15) is 14.4 Å². The smallest absolute Gasteiger partial charge is 0.251 e. The largest absolute Gasteiger partial charge is 0.368 e. The number of hydrogen-bond acceptors (Lipinski definition) is 3. The molecule has 0 heterocycles. The third-order valence-electron chi connectivity index (χ3n) is 3.47. The van der Waals surface area contributed by atoms with Gasteiger partial charge in [0.15, 0.2) is 0 Å². The highest BCUT2D eigenvalue weighted by Gasteiger charge is 2.17. The molecule has 6 nitrogen and oxygen atoms in total.